The quantitative estimate of drug-likeness (QED) is 0.352. The number of fused-ring (bicyclic) bond motifs is 2. The number of amides is 1. The Hall–Kier alpha value is -4.43. The Labute approximate surface area is 205 Å². The molecule has 6 rings (SSSR count). The van der Waals surface area contributed by atoms with Crippen LogP contribution in [-0.4, -0.2) is 37.3 Å². The Morgan fingerprint density at radius 3 is 2.86 bits per heavy atom. The molecule has 1 atom stereocenters. The summed E-state index contributed by atoms with van der Waals surface area (Å²) >= 11 is 6.45. The predicted octanol–water partition coefficient (Wildman–Crippen LogP) is 5.36. The molecule has 0 saturated heterocycles. The van der Waals surface area contributed by atoms with Crippen molar-refractivity contribution >= 4 is 46.3 Å². The number of hydrogen-bond acceptors (Lipinski definition) is 6. The number of hydrogen-bond donors (Lipinski definition) is 2. The van der Waals surface area contributed by atoms with Crippen LogP contribution in [0.1, 0.15) is 27.5 Å². The summed E-state index contributed by atoms with van der Waals surface area (Å²) in [7, 11) is 0. The number of benzene rings is 2. The lowest BCUT2D eigenvalue weighted by molar-refractivity contribution is 0.102. The molecule has 2 aromatic carbocycles. The Morgan fingerprint density at radius 1 is 1.06 bits per heavy atom. The average molecular weight is 480 g/mol. The maximum atomic E-state index is 12.5. The summed E-state index contributed by atoms with van der Waals surface area (Å²) in [5.41, 5.74) is 5.90. The molecule has 1 amide bonds. The van der Waals surface area contributed by atoms with Gasteiger partial charge in [-0.05, 0) is 54.4 Å². The first-order chi connectivity index (χ1) is 17.1. The van der Waals surface area contributed by atoms with Crippen LogP contribution >= 0.6 is 11.6 Å². The largest absolute Gasteiger partial charge is 0.291 e. The summed E-state index contributed by atoms with van der Waals surface area (Å²) in [4.78, 5) is 30.3. The fraction of sp³-hybridized carbons (Fsp3) is 0.0769. The van der Waals surface area contributed by atoms with Crippen LogP contribution in [-0.2, 0) is 6.42 Å². The lowest BCUT2D eigenvalue weighted by Crippen LogP contribution is -2.13. The molecule has 0 aliphatic carbocycles. The molecule has 8 nitrogen and oxygen atoms in total. The molecule has 0 bridgehead atoms. The van der Waals surface area contributed by atoms with E-state index in [1.807, 2.05) is 36.5 Å². The third-order valence-electron chi connectivity index (χ3n) is 5.93. The number of nitrogens with one attached hydrogen (secondary N) is 2. The summed E-state index contributed by atoms with van der Waals surface area (Å²) < 4.78 is 0. The summed E-state index contributed by atoms with van der Waals surface area (Å²) in [5, 5.41) is 10.4. The Bertz CT molecular complexity index is 1600. The van der Waals surface area contributed by atoms with E-state index in [1.165, 1.54) is 11.9 Å². The number of aliphatic imine (C=N–C) groups is 1. The fourth-order valence-corrected chi connectivity index (χ4v) is 4.47. The van der Waals surface area contributed by atoms with Crippen molar-refractivity contribution in [3.63, 3.8) is 0 Å². The van der Waals surface area contributed by atoms with Crippen LogP contribution in [0.25, 0.3) is 22.2 Å². The van der Waals surface area contributed by atoms with Crippen molar-refractivity contribution in [1.29, 1.82) is 0 Å². The highest BCUT2D eigenvalue weighted by atomic mass is 35.5. The monoisotopic (exact) mass is 479 g/mol. The van der Waals surface area contributed by atoms with Crippen molar-refractivity contribution in [2.24, 2.45) is 4.99 Å². The number of nitrogens with zero attached hydrogens (tertiary/aromatic N) is 5. The van der Waals surface area contributed by atoms with Gasteiger partial charge >= 0.3 is 0 Å². The highest BCUT2D eigenvalue weighted by Crippen LogP contribution is 2.35. The number of anilines is 1. The summed E-state index contributed by atoms with van der Waals surface area (Å²) in [6.07, 6.45) is 5.86. The third-order valence-corrected chi connectivity index (χ3v) is 6.24. The molecule has 0 fully saturated rings. The van der Waals surface area contributed by atoms with Gasteiger partial charge in [0.2, 0.25) is 5.95 Å². The minimum Gasteiger partial charge on any atom is -0.291 e. The lowest BCUT2D eigenvalue weighted by Gasteiger charge is -2.12. The number of aromatic nitrogens is 5. The van der Waals surface area contributed by atoms with Crippen LogP contribution in [0.2, 0.25) is 5.02 Å². The number of carbonyl (C=O) groups excluding carboxylic acids is 1. The zero-order valence-electron chi connectivity index (χ0n) is 18.3. The summed E-state index contributed by atoms with van der Waals surface area (Å²) in [5.74, 6) is -0.0510. The Morgan fingerprint density at radius 2 is 2.00 bits per heavy atom. The zero-order valence-corrected chi connectivity index (χ0v) is 19.1. The molecule has 1 unspecified atom stereocenters. The van der Waals surface area contributed by atoms with Gasteiger partial charge in [-0.1, -0.05) is 29.8 Å². The molecule has 4 heterocycles. The molecule has 1 aliphatic heterocycles. The van der Waals surface area contributed by atoms with E-state index in [0.29, 0.717) is 10.6 Å². The van der Waals surface area contributed by atoms with E-state index < -0.39 is 0 Å². The van der Waals surface area contributed by atoms with Crippen molar-refractivity contribution in [3.05, 3.63) is 95.0 Å². The van der Waals surface area contributed by atoms with Gasteiger partial charge in [-0.25, -0.2) is 10.1 Å². The van der Waals surface area contributed by atoms with Crippen molar-refractivity contribution in [2.45, 2.75) is 12.3 Å². The number of halogens is 1. The van der Waals surface area contributed by atoms with Crippen molar-refractivity contribution < 1.29 is 4.79 Å². The molecule has 1 aliphatic rings. The first kappa shape index (κ1) is 21.1. The van der Waals surface area contributed by atoms with E-state index in [4.69, 9.17) is 16.6 Å². The van der Waals surface area contributed by atoms with Crippen LogP contribution in [0.4, 0.5) is 11.6 Å². The van der Waals surface area contributed by atoms with E-state index in [9.17, 15) is 4.79 Å². The van der Waals surface area contributed by atoms with E-state index in [0.717, 1.165) is 40.0 Å². The van der Waals surface area contributed by atoms with E-state index in [1.54, 1.807) is 18.3 Å². The van der Waals surface area contributed by atoms with Gasteiger partial charge in [0.05, 0.1) is 33.2 Å². The highest BCUT2D eigenvalue weighted by molar-refractivity contribution is 6.34. The SMILES string of the molecule is O=C(Nc1ncn[nH]1)c1ccc(-c2ccc3c(n2)C(Cc2ccc4ncccc4c2)C=N3)cc1Cl. The lowest BCUT2D eigenvalue weighted by atomic mass is 9.96. The first-order valence-electron chi connectivity index (χ1n) is 11.0. The van der Waals surface area contributed by atoms with Gasteiger partial charge < -0.3 is 0 Å². The van der Waals surface area contributed by atoms with Crippen molar-refractivity contribution in [3.8, 4) is 11.3 Å². The van der Waals surface area contributed by atoms with Gasteiger partial charge in [-0.2, -0.15) is 10.1 Å². The van der Waals surface area contributed by atoms with Gasteiger partial charge in [0.1, 0.15) is 6.33 Å². The normalized spacial score (nSPS) is 14.3. The molecule has 0 radical (unpaired) electrons. The number of H-pyrrole nitrogens is 1. The van der Waals surface area contributed by atoms with E-state index >= 15 is 0 Å². The molecule has 2 N–H and O–H groups in total. The topological polar surface area (TPSA) is 109 Å². The van der Waals surface area contributed by atoms with E-state index in [2.05, 4.69) is 48.7 Å². The molecule has 0 spiro atoms. The fourth-order valence-electron chi connectivity index (χ4n) is 4.21. The van der Waals surface area contributed by atoms with Gasteiger partial charge in [0.15, 0.2) is 0 Å². The molecular formula is C26H18ClN7O. The molecule has 3 aromatic heterocycles. The second kappa shape index (κ2) is 8.73. The molecule has 170 valence electrons. The van der Waals surface area contributed by atoms with Crippen LogP contribution in [0.5, 0.6) is 0 Å². The van der Waals surface area contributed by atoms with E-state index in [-0.39, 0.29) is 17.8 Å². The minimum absolute atomic E-state index is 0.0708. The maximum absolute atomic E-state index is 12.5. The molecule has 9 heteroatoms. The van der Waals surface area contributed by atoms with Crippen LogP contribution in [0.15, 0.2) is 78.2 Å². The summed E-state index contributed by atoms with van der Waals surface area (Å²) in [6.45, 7) is 0. The predicted molar refractivity (Wildman–Crippen MR) is 135 cm³/mol. The standard InChI is InChI=1S/C26H18ClN7O/c27-20-12-17(4-5-19(20)25(35)33-26-30-14-31-34-26)22-7-8-23-24(32-22)18(13-29-23)11-15-3-6-21-16(10-15)2-1-9-28-21/h1-10,12-14,18H,11H2,(H2,30,31,33,34,35). The second-order valence-corrected chi connectivity index (χ2v) is 8.61. The average Bonchev–Trinajstić information content (AvgIpc) is 3.53. The second-order valence-electron chi connectivity index (χ2n) is 8.20. The molecular weight excluding hydrogens is 462 g/mol. The van der Waals surface area contributed by atoms with Gasteiger partial charge in [0.25, 0.3) is 5.91 Å². The van der Waals surface area contributed by atoms with Gasteiger partial charge in [-0.3, -0.25) is 20.1 Å². The smallest absolute Gasteiger partial charge is 0.259 e. The van der Waals surface area contributed by atoms with Gasteiger partial charge in [-0.15, -0.1) is 0 Å². The van der Waals surface area contributed by atoms with Crippen LogP contribution in [0, 0.1) is 0 Å². The first-order valence-corrected chi connectivity index (χ1v) is 11.4. The number of pyridine rings is 2. The van der Waals surface area contributed by atoms with Crippen LogP contribution in [0.3, 0.4) is 0 Å². The number of rotatable bonds is 5. The van der Waals surface area contributed by atoms with Crippen molar-refractivity contribution in [1.82, 2.24) is 25.1 Å². The maximum Gasteiger partial charge on any atom is 0.259 e. The summed E-state index contributed by atoms with van der Waals surface area (Å²) in [6, 6.07) is 19.5. The van der Waals surface area contributed by atoms with Gasteiger partial charge in [0, 0.05) is 29.3 Å². The Kier molecular flexibility index (Phi) is 5.27. The minimum atomic E-state index is -0.376. The Balaban J connectivity index is 1.25. The van der Waals surface area contributed by atoms with Crippen molar-refractivity contribution in [2.75, 3.05) is 5.32 Å². The molecule has 0 saturated carbocycles. The zero-order chi connectivity index (χ0) is 23.8. The molecule has 5 aromatic rings. The number of carbonyl (C=O) groups is 1. The highest BCUT2D eigenvalue weighted by Gasteiger charge is 2.22. The molecule has 35 heavy (non-hydrogen) atoms. The number of aromatic amines is 1. The third kappa shape index (κ3) is 4.15. The van der Waals surface area contributed by atoms with Crippen LogP contribution < -0.4 is 5.32 Å².